The molecule has 0 atom stereocenters. The van der Waals surface area contributed by atoms with Crippen molar-refractivity contribution in [1.82, 2.24) is 15.5 Å². The van der Waals surface area contributed by atoms with Gasteiger partial charge in [0, 0.05) is 33.1 Å². The highest BCUT2D eigenvalue weighted by atomic mass is 16.5. The molecule has 0 aromatic carbocycles. The summed E-state index contributed by atoms with van der Waals surface area (Å²) in [5.74, 6) is 0.757. The molecule has 0 aromatic heterocycles. The van der Waals surface area contributed by atoms with Gasteiger partial charge < -0.3 is 20.3 Å². The van der Waals surface area contributed by atoms with Gasteiger partial charge in [-0.05, 0) is 58.0 Å². The first-order chi connectivity index (χ1) is 11.8. The monoisotopic (exact) mass is 338 g/mol. The van der Waals surface area contributed by atoms with Gasteiger partial charge in [-0.15, -0.1) is 0 Å². The zero-order valence-corrected chi connectivity index (χ0v) is 15.2. The smallest absolute Gasteiger partial charge is 0.306 e. The fraction of sp³-hybridized carbons (Fsp3) is 0.889. The standard InChI is InChI=1S/C18H34N4O2/c1-19-18(21-12-15-22-13-5-2-6-14-22)20-11-7-10-17(23)24-16-8-3-4-9-16/h16H,2-15H2,1H3,(H2,19,20,21). The van der Waals surface area contributed by atoms with Crippen LogP contribution in [0.1, 0.15) is 57.8 Å². The molecule has 1 saturated heterocycles. The number of ether oxygens (including phenoxy) is 1. The minimum atomic E-state index is -0.0586. The summed E-state index contributed by atoms with van der Waals surface area (Å²) < 4.78 is 5.46. The fourth-order valence-electron chi connectivity index (χ4n) is 3.43. The van der Waals surface area contributed by atoms with Crippen molar-refractivity contribution in [1.29, 1.82) is 0 Å². The Morgan fingerprint density at radius 2 is 1.79 bits per heavy atom. The SMILES string of the molecule is CN=C(NCCCC(=O)OC1CCCC1)NCCN1CCCCC1. The Balaban J connectivity index is 1.48. The van der Waals surface area contributed by atoms with Gasteiger partial charge in [0.25, 0.3) is 0 Å². The van der Waals surface area contributed by atoms with Crippen molar-refractivity contribution in [3.8, 4) is 0 Å². The highest BCUT2D eigenvalue weighted by Gasteiger charge is 2.18. The van der Waals surface area contributed by atoms with Crippen LogP contribution in [0, 0.1) is 0 Å². The summed E-state index contributed by atoms with van der Waals surface area (Å²) in [6.07, 6.45) is 9.92. The maximum Gasteiger partial charge on any atom is 0.306 e. The van der Waals surface area contributed by atoms with E-state index in [0.29, 0.717) is 6.42 Å². The van der Waals surface area contributed by atoms with Crippen molar-refractivity contribution >= 4 is 11.9 Å². The third-order valence-corrected chi connectivity index (χ3v) is 4.84. The average Bonchev–Trinajstić information content (AvgIpc) is 3.11. The van der Waals surface area contributed by atoms with Gasteiger partial charge in [-0.1, -0.05) is 6.42 Å². The van der Waals surface area contributed by atoms with Crippen LogP contribution in [0.25, 0.3) is 0 Å². The van der Waals surface area contributed by atoms with Gasteiger partial charge in [0.1, 0.15) is 6.10 Å². The highest BCUT2D eigenvalue weighted by molar-refractivity contribution is 5.79. The van der Waals surface area contributed by atoms with Crippen molar-refractivity contribution in [2.45, 2.75) is 63.9 Å². The number of rotatable bonds is 8. The maximum absolute atomic E-state index is 11.8. The molecule has 6 nitrogen and oxygen atoms in total. The molecule has 1 aliphatic carbocycles. The first-order valence-electron chi connectivity index (χ1n) is 9.64. The predicted molar refractivity (Wildman–Crippen MR) is 97.2 cm³/mol. The summed E-state index contributed by atoms with van der Waals surface area (Å²) >= 11 is 0. The lowest BCUT2D eigenvalue weighted by molar-refractivity contribution is -0.148. The Bertz CT molecular complexity index is 388. The van der Waals surface area contributed by atoms with E-state index in [1.807, 2.05) is 0 Å². The summed E-state index contributed by atoms with van der Waals surface area (Å²) in [5.41, 5.74) is 0. The van der Waals surface area contributed by atoms with Crippen molar-refractivity contribution in [3.63, 3.8) is 0 Å². The Morgan fingerprint density at radius 1 is 1.08 bits per heavy atom. The van der Waals surface area contributed by atoms with Crippen LogP contribution in [0.2, 0.25) is 0 Å². The molecule has 0 aromatic rings. The van der Waals surface area contributed by atoms with Gasteiger partial charge in [0.05, 0.1) is 0 Å². The molecule has 6 heteroatoms. The Hall–Kier alpha value is -1.30. The summed E-state index contributed by atoms with van der Waals surface area (Å²) in [6, 6.07) is 0. The number of aliphatic imine (C=N–C) groups is 1. The van der Waals surface area contributed by atoms with Gasteiger partial charge in [-0.25, -0.2) is 0 Å². The van der Waals surface area contributed by atoms with E-state index in [9.17, 15) is 4.79 Å². The van der Waals surface area contributed by atoms with Crippen LogP contribution in [0.4, 0.5) is 0 Å². The van der Waals surface area contributed by atoms with Gasteiger partial charge in [-0.3, -0.25) is 9.79 Å². The van der Waals surface area contributed by atoms with Crippen LogP contribution in [-0.2, 0) is 9.53 Å². The topological polar surface area (TPSA) is 66.0 Å². The molecule has 138 valence electrons. The van der Waals surface area contributed by atoms with Crippen LogP contribution < -0.4 is 10.6 Å². The zero-order chi connectivity index (χ0) is 17.0. The third-order valence-electron chi connectivity index (χ3n) is 4.84. The number of nitrogens with zero attached hydrogens (tertiary/aromatic N) is 2. The molecule has 0 unspecified atom stereocenters. The third kappa shape index (κ3) is 7.51. The number of carbonyl (C=O) groups excluding carboxylic acids is 1. The van der Waals surface area contributed by atoms with E-state index in [1.54, 1.807) is 7.05 Å². The molecule has 2 rings (SSSR count). The Labute approximate surface area is 146 Å². The van der Waals surface area contributed by atoms with Crippen LogP contribution in [0.3, 0.4) is 0 Å². The number of esters is 1. The van der Waals surface area contributed by atoms with Gasteiger partial charge in [0.15, 0.2) is 5.96 Å². The minimum Gasteiger partial charge on any atom is -0.462 e. The van der Waals surface area contributed by atoms with E-state index in [1.165, 1.54) is 45.2 Å². The highest BCUT2D eigenvalue weighted by Crippen LogP contribution is 2.21. The van der Waals surface area contributed by atoms with E-state index in [0.717, 1.165) is 44.9 Å². The number of likely N-dealkylation sites (tertiary alicyclic amines) is 1. The summed E-state index contributed by atoms with van der Waals surface area (Å²) in [4.78, 5) is 18.5. The van der Waals surface area contributed by atoms with Crippen LogP contribution in [0.15, 0.2) is 4.99 Å². The molecule has 2 aliphatic rings. The number of carbonyl (C=O) groups is 1. The number of hydrogen-bond acceptors (Lipinski definition) is 4. The molecule has 1 aliphatic heterocycles. The molecule has 24 heavy (non-hydrogen) atoms. The first kappa shape index (κ1) is 19.0. The van der Waals surface area contributed by atoms with Gasteiger partial charge >= 0.3 is 5.97 Å². The molecule has 2 N–H and O–H groups in total. The second kappa shape index (κ2) is 11.3. The summed E-state index contributed by atoms with van der Waals surface area (Å²) in [7, 11) is 1.78. The van der Waals surface area contributed by atoms with E-state index in [2.05, 4.69) is 20.5 Å². The molecule has 0 spiro atoms. The Morgan fingerprint density at radius 3 is 2.50 bits per heavy atom. The second-order valence-electron chi connectivity index (χ2n) is 6.83. The largest absolute Gasteiger partial charge is 0.462 e. The van der Waals surface area contributed by atoms with Crippen LogP contribution in [-0.4, -0.2) is 62.7 Å². The van der Waals surface area contributed by atoms with Crippen molar-refractivity contribution in [2.75, 3.05) is 39.8 Å². The molecule has 2 fully saturated rings. The molecule has 0 amide bonds. The summed E-state index contributed by atoms with van der Waals surface area (Å²) in [6.45, 7) is 5.15. The fourth-order valence-corrected chi connectivity index (χ4v) is 3.43. The lowest BCUT2D eigenvalue weighted by atomic mass is 10.1. The van der Waals surface area contributed by atoms with E-state index in [-0.39, 0.29) is 12.1 Å². The van der Waals surface area contributed by atoms with Crippen LogP contribution >= 0.6 is 0 Å². The predicted octanol–water partition coefficient (Wildman–Crippen LogP) is 1.90. The molecule has 0 radical (unpaired) electrons. The van der Waals surface area contributed by atoms with Gasteiger partial charge in [0.2, 0.25) is 0 Å². The number of piperidine rings is 1. The normalized spacial score (nSPS) is 20.1. The van der Waals surface area contributed by atoms with E-state index in [4.69, 9.17) is 4.74 Å². The molecule has 0 bridgehead atoms. The van der Waals surface area contributed by atoms with Crippen molar-refractivity contribution in [2.24, 2.45) is 4.99 Å². The maximum atomic E-state index is 11.8. The first-order valence-corrected chi connectivity index (χ1v) is 9.64. The van der Waals surface area contributed by atoms with E-state index < -0.39 is 0 Å². The molecule has 1 heterocycles. The number of nitrogens with one attached hydrogen (secondary N) is 2. The zero-order valence-electron chi connectivity index (χ0n) is 15.2. The van der Waals surface area contributed by atoms with Crippen LogP contribution in [0.5, 0.6) is 0 Å². The second-order valence-corrected chi connectivity index (χ2v) is 6.83. The van der Waals surface area contributed by atoms with Crippen molar-refractivity contribution in [3.05, 3.63) is 0 Å². The lowest BCUT2D eigenvalue weighted by Gasteiger charge is -2.26. The summed E-state index contributed by atoms with van der Waals surface area (Å²) in [5, 5.41) is 6.61. The van der Waals surface area contributed by atoms with E-state index >= 15 is 0 Å². The Kier molecular flexibility index (Phi) is 8.95. The minimum absolute atomic E-state index is 0.0586. The molecular formula is C18H34N4O2. The number of guanidine groups is 1. The molecule has 1 saturated carbocycles. The quantitative estimate of drug-likeness (QED) is 0.306. The van der Waals surface area contributed by atoms with Crippen molar-refractivity contribution < 1.29 is 9.53 Å². The molecular weight excluding hydrogens is 304 g/mol. The lowest BCUT2D eigenvalue weighted by Crippen LogP contribution is -2.43. The average molecular weight is 338 g/mol. The number of hydrogen-bond donors (Lipinski definition) is 2. The van der Waals surface area contributed by atoms with Gasteiger partial charge in [-0.2, -0.15) is 0 Å².